The zero-order chi connectivity index (χ0) is 15.5. The van der Waals surface area contributed by atoms with Crippen molar-refractivity contribution in [3.63, 3.8) is 0 Å². The maximum Gasteiger partial charge on any atom is 0.309 e. The van der Waals surface area contributed by atoms with Crippen LogP contribution in [0.3, 0.4) is 0 Å². The number of rotatable bonds is 5. The van der Waals surface area contributed by atoms with Crippen molar-refractivity contribution in [2.24, 2.45) is 5.41 Å². The van der Waals surface area contributed by atoms with Crippen molar-refractivity contribution >= 4 is 17.6 Å². The van der Waals surface area contributed by atoms with Gasteiger partial charge < -0.3 is 10.4 Å². The monoisotopic (exact) mass is 288 g/mol. The van der Waals surface area contributed by atoms with E-state index in [0.29, 0.717) is 11.4 Å². The van der Waals surface area contributed by atoms with E-state index in [1.807, 2.05) is 6.07 Å². The third-order valence-corrected chi connectivity index (χ3v) is 3.03. The first-order chi connectivity index (χ1) is 9.90. The van der Waals surface area contributed by atoms with Gasteiger partial charge in [-0.2, -0.15) is 0 Å². The number of carboxylic acid groups (broad SMARTS) is 1. The zero-order valence-corrected chi connectivity index (χ0v) is 11.8. The average Bonchev–Trinajstić information content (AvgIpc) is 2.92. The molecule has 110 valence electrons. The van der Waals surface area contributed by atoms with Crippen LogP contribution in [0.2, 0.25) is 0 Å². The van der Waals surface area contributed by atoms with E-state index in [1.165, 1.54) is 24.7 Å². The number of benzene rings is 1. The van der Waals surface area contributed by atoms with Gasteiger partial charge in [0.2, 0.25) is 5.91 Å². The molecular formula is C14H16N4O3. The Morgan fingerprint density at radius 1 is 1.33 bits per heavy atom. The van der Waals surface area contributed by atoms with Gasteiger partial charge >= 0.3 is 5.97 Å². The lowest BCUT2D eigenvalue weighted by Crippen LogP contribution is -2.29. The van der Waals surface area contributed by atoms with E-state index in [2.05, 4.69) is 15.6 Å². The molecule has 0 saturated heterocycles. The Morgan fingerprint density at radius 3 is 2.67 bits per heavy atom. The third-order valence-electron chi connectivity index (χ3n) is 3.03. The molecule has 0 bridgehead atoms. The zero-order valence-electron chi connectivity index (χ0n) is 11.8. The van der Waals surface area contributed by atoms with E-state index >= 15 is 0 Å². The van der Waals surface area contributed by atoms with Gasteiger partial charge in [0.1, 0.15) is 0 Å². The molecule has 0 aliphatic carbocycles. The molecule has 0 fully saturated rings. The maximum atomic E-state index is 12.0. The van der Waals surface area contributed by atoms with Crippen LogP contribution >= 0.6 is 0 Å². The molecule has 21 heavy (non-hydrogen) atoms. The number of amides is 1. The Morgan fingerprint density at radius 2 is 2.05 bits per heavy atom. The highest BCUT2D eigenvalue weighted by molar-refractivity contribution is 5.95. The highest BCUT2D eigenvalue weighted by Crippen LogP contribution is 2.23. The molecule has 0 aliphatic rings. The molecule has 0 aliphatic heterocycles. The quantitative estimate of drug-likeness (QED) is 0.872. The number of aromatic nitrogens is 3. The van der Waals surface area contributed by atoms with Gasteiger partial charge in [0.25, 0.3) is 0 Å². The number of aliphatic carboxylic acids is 1. The van der Waals surface area contributed by atoms with E-state index in [0.717, 1.165) is 0 Å². The minimum atomic E-state index is -1.12. The molecule has 0 saturated carbocycles. The predicted octanol–water partition coefficient (Wildman–Crippen LogP) is 1.71. The summed E-state index contributed by atoms with van der Waals surface area (Å²) in [7, 11) is 0. The molecule has 1 amide bonds. The van der Waals surface area contributed by atoms with Crippen LogP contribution in [0.5, 0.6) is 0 Å². The first-order valence-corrected chi connectivity index (χ1v) is 6.39. The summed E-state index contributed by atoms with van der Waals surface area (Å²) in [5.41, 5.74) is 0.0948. The summed E-state index contributed by atoms with van der Waals surface area (Å²) in [6.45, 7) is 3.02. The average molecular weight is 288 g/mol. The van der Waals surface area contributed by atoms with Crippen LogP contribution in [0.25, 0.3) is 5.69 Å². The molecule has 2 rings (SSSR count). The lowest BCUT2D eigenvalue weighted by molar-refractivity contribution is -0.148. The van der Waals surface area contributed by atoms with Crippen molar-refractivity contribution in [1.82, 2.24) is 15.0 Å². The summed E-state index contributed by atoms with van der Waals surface area (Å²) in [6, 6.07) is 7.10. The summed E-state index contributed by atoms with van der Waals surface area (Å²) in [4.78, 5) is 23.1. The first kappa shape index (κ1) is 14.7. The molecule has 1 aromatic carbocycles. The minimum Gasteiger partial charge on any atom is -0.481 e. The second-order valence-electron chi connectivity index (χ2n) is 5.28. The molecule has 2 N–H and O–H groups in total. The summed E-state index contributed by atoms with van der Waals surface area (Å²) >= 11 is 0. The number of anilines is 1. The van der Waals surface area contributed by atoms with Gasteiger partial charge in [-0.05, 0) is 26.0 Å². The number of carbonyl (C=O) groups excluding carboxylic acids is 1. The lowest BCUT2D eigenvalue weighted by atomic mass is 9.89. The van der Waals surface area contributed by atoms with E-state index in [1.54, 1.807) is 24.4 Å². The number of hydrogen-bond acceptors (Lipinski definition) is 4. The highest BCUT2D eigenvalue weighted by atomic mass is 16.4. The van der Waals surface area contributed by atoms with Gasteiger partial charge in [0, 0.05) is 6.42 Å². The molecule has 7 heteroatoms. The lowest BCUT2D eigenvalue weighted by Gasteiger charge is -2.18. The smallest absolute Gasteiger partial charge is 0.309 e. The number of carboxylic acids is 1. The van der Waals surface area contributed by atoms with Gasteiger partial charge in [-0.3, -0.25) is 9.59 Å². The van der Waals surface area contributed by atoms with Crippen molar-refractivity contribution < 1.29 is 14.7 Å². The van der Waals surface area contributed by atoms with Gasteiger partial charge in [0.05, 0.1) is 29.2 Å². The second-order valence-corrected chi connectivity index (χ2v) is 5.28. The van der Waals surface area contributed by atoms with Crippen LogP contribution in [0.4, 0.5) is 5.69 Å². The van der Waals surface area contributed by atoms with Crippen LogP contribution in [0.15, 0.2) is 36.7 Å². The Kier molecular flexibility index (Phi) is 4.02. The highest BCUT2D eigenvalue weighted by Gasteiger charge is 2.30. The Labute approximate surface area is 121 Å². The van der Waals surface area contributed by atoms with E-state index in [-0.39, 0.29) is 12.3 Å². The summed E-state index contributed by atoms with van der Waals surface area (Å²) in [5, 5.41) is 19.4. The number of nitrogens with zero attached hydrogens (tertiary/aromatic N) is 3. The van der Waals surface area contributed by atoms with Gasteiger partial charge in [-0.25, -0.2) is 4.68 Å². The normalized spacial score (nSPS) is 11.1. The molecule has 1 aromatic heterocycles. The molecule has 7 nitrogen and oxygen atoms in total. The van der Waals surface area contributed by atoms with Crippen LogP contribution in [-0.4, -0.2) is 32.0 Å². The van der Waals surface area contributed by atoms with E-state index < -0.39 is 11.4 Å². The topological polar surface area (TPSA) is 97.1 Å². The molecule has 0 spiro atoms. The number of para-hydroxylation sites is 2. The van der Waals surface area contributed by atoms with Gasteiger partial charge in [0.15, 0.2) is 0 Å². The van der Waals surface area contributed by atoms with E-state index in [9.17, 15) is 9.59 Å². The Hall–Kier alpha value is -2.70. The van der Waals surface area contributed by atoms with Crippen molar-refractivity contribution in [2.75, 3.05) is 5.32 Å². The molecule has 0 unspecified atom stereocenters. The van der Waals surface area contributed by atoms with Crippen molar-refractivity contribution in [3.05, 3.63) is 36.7 Å². The van der Waals surface area contributed by atoms with Crippen molar-refractivity contribution in [3.8, 4) is 5.69 Å². The fourth-order valence-corrected chi connectivity index (χ4v) is 1.79. The predicted molar refractivity (Wildman–Crippen MR) is 76.0 cm³/mol. The van der Waals surface area contributed by atoms with Gasteiger partial charge in [-0.15, -0.1) is 5.10 Å². The Balaban J connectivity index is 2.17. The molecule has 0 atom stereocenters. The standard InChI is InChI=1S/C14H16N4O3/c1-14(2,13(20)21)9-12(19)16-10-5-3-4-6-11(10)18-8-7-15-17-18/h3-8H,9H2,1-2H3,(H,16,19)(H,20,21). The Bertz CT molecular complexity index is 650. The summed E-state index contributed by atoms with van der Waals surface area (Å²) < 4.78 is 1.53. The molecular weight excluding hydrogens is 272 g/mol. The molecule has 0 radical (unpaired) electrons. The maximum absolute atomic E-state index is 12.0. The van der Waals surface area contributed by atoms with Gasteiger partial charge in [-0.1, -0.05) is 17.3 Å². The minimum absolute atomic E-state index is 0.117. The number of nitrogens with one attached hydrogen (secondary N) is 1. The van der Waals surface area contributed by atoms with Crippen LogP contribution < -0.4 is 5.32 Å². The van der Waals surface area contributed by atoms with Crippen LogP contribution in [-0.2, 0) is 9.59 Å². The van der Waals surface area contributed by atoms with Crippen molar-refractivity contribution in [2.45, 2.75) is 20.3 Å². The summed E-state index contributed by atoms with van der Waals surface area (Å²) in [6.07, 6.45) is 3.08. The fraction of sp³-hybridized carbons (Fsp3) is 0.286. The van der Waals surface area contributed by atoms with Crippen LogP contribution in [0.1, 0.15) is 20.3 Å². The largest absolute Gasteiger partial charge is 0.481 e. The number of hydrogen-bond donors (Lipinski definition) is 2. The van der Waals surface area contributed by atoms with E-state index in [4.69, 9.17) is 5.11 Å². The SMILES string of the molecule is CC(C)(CC(=O)Nc1ccccc1-n1ccnn1)C(=O)O. The second kappa shape index (κ2) is 5.74. The fourth-order valence-electron chi connectivity index (χ4n) is 1.79. The first-order valence-electron chi connectivity index (χ1n) is 6.39. The summed E-state index contributed by atoms with van der Waals surface area (Å²) in [5.74, 6) is -1.38. The number of carbonyl (C=O) groups is 2. The molecule has 2 aromatic rings. The van der Waals surface area contributed by atoms with Crippen molar-refractivity contribution in [1.29, 1.82) is 0 Å². The van der Waals surface area contributed by atoms with Crippen LogP contribution in [0, 0.1) is 5.41 Å². The molecule has 1 heterocycles. The third kappa shape index (κ3) is 3.44.